The Kier molecular flexibility index (Phi) is 4.56. The molecule has 0 aliphatic heterocycles. The van der Waals surface area contributed by atoms with E-state index in [1.807, 2.05) is 0 Å². The van der Waals surface area contributed by atoms with E-state index in [4.69, 9.17) is 0 Å². The maximum atomic E-state index is 3.66. The number of H-pyrrole nitrogens is 1. The van der Waals surface area contributed by atoms with Crippen molar-refractivity contribution in [1.29, 1.82) is 0 Å². The third-order valence-electron chi connectivity index (χ3n) is 4.35. The molecule has 0 spiro atoms. The Bertz CT molecular complexity index is 702. The van der Waals surface area contributed by atoms with Gasteiger partial charge in [0.15, 0.2) is 0 Å². The minimum absolute atomic E-state index is 0. The Morgan fingerprint density at radius 3 is 2.65 bits per heavy atom. The van der Waals surface area contributed by atoms with Crippen molar-refractivity contribution in [2.45, 2.75) is 23.5 Å². The average Bonchev–Trinajstić information content (AvgIpc) is 2.82. The van der Waals surface area contributed by atoms with Gasteiger partial charge in [-0.15, -0.1) is 0 Å². The third-order valence-corrected chi connectivity index (χ3v) is 7.37. The number of hydrogen-bond donors (Lipinski definition) is 1. The van der Waals surface area contributed by atoms with Crippen molar-refractivity contribution in [3.63, 3.8) is 0 Å². The summed E-state index contributed by atoms with van der Waals surface area (Å²) in [6, 6.07) is 8.67. The van der Waals surface area contributed by atoms with Crippen LogP contribution in [0, 0.1) is 6.92 Å². The van der Waals surface area contributed by atoms with E-state index in [9.17, 15) is 0 Å². The summed E-state index contributed by atoms with van der Waals surface area (Å²) in [6.45, 7) is 2.27. The van der Waals surface area contributed by atoms with Crippen molar-refractivity contribution < 1.29 is 44.0 Å². The zero-order chi connectivity index (χ0) is 12.2. The Hall–Kier alpha value is -0.466. The number of rotatable bonds is 2. The summed E-state index contributed by atoms with van der Waals surface area (Å²) >= 11 is -0.148. The number of allylic oxidation sites excluding steroid dienone is 4. The molecule has 4 heteroatoms. The van der Waals surface area contributed by atoms with Crippen molar-refractivity contribution in [2.75, 3.05) is 0 Å². The van der Waals surface area contributed by atoms with E-state index >= 15 is 0 Å². The molecule has 20 heavy (non-hydrogen) atoms. The summed E-state index contributed by atoms with van der Waals surface area (Å²) < 4.78 is 2.01. The maximum Gasteiger partial charge on any atom is -1.00 e. The van der Waals surface area contributed by atoms with Gasteiger partial charge in [0, 0.05) is 0 Å². The molecule has 1 atom stereocenters. The summed E-state index contributed by atoms with van der Waals surface area (Å²) in [4.78, 5) is 3.66. The quantitative estimate of drug-likeness (QED) is 0.589. The number of fused-ring (bicyclic) bond motifs is 2. The van der Waals surface area contributed by atoms with Crippen LogP contribution in [0.2, 0.25) is 3.72 Å². The molecule has 1 saturated carbocycles. The number of nitrogens with one attached hydrogen (secondary N) is 1. The van der Waals surface area contributed by atoms with Gasteiger partial charge in [-0.05, 0) is 0 Å². The number of halogens is 2. The van der Waals surface area contributed by atoms with E-state index in [-0.39, 0.29) is 44.0 Å². The molecular formula is C16H15Cl2NTi. The molecule has 1 nitrogen and oxygen atoms in total. The normalized spacial score (nSPS) is 22.1. The fraction of sp³-hybridized carbons (Fsp3) is 0.250. The predicted molar refractivity (Wildman–Crippen MR) is 71.8 cm³/mol. The van der Waals surface area contributed by atoms with Crippen LogP contribution in [0.25, 0.3) is 10.9 Å². The van der Waals surface area contributed by atoms with Gasteiger partial charge >= 0.3 is 116 Å². The smallest absolute Gasteiger partial charge is 1.00 e. The second-order valence-corrected chi connectivity index (χ2v) is 7.88. The fourth-order valence-corrected chi connectivity index (χ4v) is 5.86. The molecular weight excluding hydrogens is 325 g/mol. The molecule has 0 radical (unpaired) electrons. The first-order valence-electron chi connectivity index (χ1n) is 6.53. The van der Waals surface area contributed by atoms with Crippen molar-refractivity contribution in [2.24, 2.45) is 0 Å². The molecule has 1 aromatic carbocycles. The number of aromatic amines is 1. The predicted octanol–water partition coefficient (Wildman–Crippen LogP) is -2.36. The largest absolute Gasteiger partial charge is 1.00 e. The number of hydrogen-bond acceptors (Lipinski definition) is 0. The van der Waals surface area contributed by atoms with Gasteiger partial charge in [0.25, 0.3) is 0 Å². The van der Waals surface area contributed by atoms with Crippen LogP contribution in [0.4, 0.5) is 0 Å². The van der Waals surface area contributed by atoms with Crippen LogP contribution in [0.3, 0.4) is 0 Å². The summed E-state index contributed by atoms with van der Waals surface area (Å²) in [5.74, 6) is 0. The van der Waals surface area contributed by atoms with E-state index in [1.165, 1.54) is 33.3 Å². The van der Waals surface area contributed by atoms with Gasteiger partial charge in [-0.3, -0.25) is 0 Å². The molecule has 1 N–H and O–H groups in total. The Labute approximate surface area is 140 Å². The molecule has 2 aliphatic carbocycles. The van der Waals surface area contributed by atoms with Crippen LogP contribution in [0.15, 0.2) is 48.1 Å². The molecule has 102 valence electrons. The number of para-hydroxylation sites is 1. The van der Waals surface area contributed by atoms with Gasteiger partial charge in [0.05, 0.1) is 0 Å². The van der Waals surface area contributed by atoms with E-state index in [0.717, 1.165) is 0 Å². The molecule has 1 unspecified atom stereocenters. The van der Waals surface area contributed by atoms with Gasteiger partial charge in [-0.25, -0.2) is 0 Å². The standard InChI is InChI=1S/C9H8N.C7H7.2ClH.Ti/c1-7-6-10-9-5-3-2-4-8(7)9;1-2-6-4-5-7(6)3-1;;;/h2-5,10H,1H3;1-3H,4-5H2;2*1H;/q;;;;+2/p-2. The minimum atomic E-state index is -0.148. The molecule has 4 rings (SSSR count). The van der Waals surface area contributed by atoms with E-state index < -0.39 is 0 Å². The van der Waals surface area contributed by atoms with Crippen LogP contribution in [-0.4, -0.2) is 4.98 Å². The van der Waals surface area contributed by atoms with Crippen LogP contribution in [0.5, 0.6) is 0 Å². The first-order valence-corrected chi connectivity index (χ1v) is 8.09. The molecule has 1 aromatic heterocycles. The van der Waals surface area contributed by atoms with Gasteiger partial charge < -0.3 is 24.8 Å². The van der Waals surface area contributed by atoms with E-state index in [1.54, 1.807) is 5.57 Å². The Morgan fingerprint density at radius 2 is 2.00 bits per heavy atom. The summed E-state index contributed by atoms with van der Waals surface area (Å²) in [6.07, 6.45) is 9.74. The molecule has 0 bridgehead atoms. The SMILES string of the molecule is Cc1[c]([Ti+2][C]23C=CC=C2CC3)[nH]c2ccccc12.[Cl-].[Cl-]. The maximum absolute atomic E-state index is 3.66. The van der Waals surface area contributed by atoms with Gasteiger partial charge in [-0.1, -0.05) is 0 Å². The Balaban J connectivity index is 0.000000735. The van der Waals surface area contributed by atoms with E-state index in [2.05, 4.69) is 54.4 Å². The summed E-state index contributed by atoms with van der Waals surface area (Å²) in [7, 11) is 0. The average molecular weight is 340 g/mol. The molecule has 2 aliphatic rings. The first kappa shape index (κ1) is 15.9. The van der Waals surface area contributed by atoms with Crippen LogP contribution >= 0.6 is 0 Å². The molecule has 2 aromatic rings. The molecule has 0 amide bonds. The van der Waals surface area contributed by atoms with E-state index in [0.29, 0.717) is 3.72 Å². The van der Waals surface area contributed by atoms with Crippen molar-refractivity contribution in [3.05, 3.63) is 53.6 Å². The second kappa shape index (κ2) is 5.73. The topological polar surface area (TPSA) is 15.8 Å². The number of aryl methyl sites for hydroxylation is 1. The monoisotopic (exact) mass is 339 g/mol. The number of benzene rings is 1. The fourth-order valence-electron chi connectivity index (χ4n) is 3.10. The van der Waals surface area contributed by atoms with Gasteiger partial charge in [-0.2, -0.15) is 0 Å². The zero-order valence-corrected chi connectivity index (χ0v) is 14.3. The van der Waals surface area contributed by atoms with Gasteiger partial charge in [0.1, 0.15) is 0 Å². The first-order chi connectivity index (χ1) is 8.78. The molecule has 1 heterocycles. The third kappa shape index (κ3) is 2.21. The van der Waals surface area contributed by atoms with Crippen LogP contribution in [0.1, 0.15) is 18.4 Å². The van der Waals surface area contributed by atoms with Crippen molar-refractivity contribution in [3.8, 4) is 0 Å². The van der Waals surface area contributed by atoms with Crippen molar-refractivity contribution in [1.82, 2.24) is 4.98 Å². The molecule has 0 saturated heterocycles. The van der Waals surface area contributed by atoms with Gasteiger partial charge in [0.2, 0.25) is 0 Å². The second-order valence-electron chi connectivity index (χ2n) is 5.32. The van der Waals surface area contributed by atoms with Crippen molar-refractivity contribution >= 4 is 14.9 Å². The zero-order valence-electron chi connectivity index (χ0n) is 11.2. The van der Waals surface area contributed by atoms with Crippen LogP contribution < -0.4 is 28.8 Å². The summed E-state index contributed by atoms with van der Waals surface area (Å²) in [5.41, 5.74) is 4.46. The number of aromatic nitrogens is 1. The minimum Gasteiger partial charge on any atom is -1.00 e. The Morgan fingerprint density at radius 1 is 1.20 bits per heavy atom. The van der Waals surface area contributed by atoms with Crippen LogP contribution in [-0.2, 0) is 19.2 Å². The molecule has 1 fully saturated rings. The summed E-state index contributed by atoms with van der Waals surface area (Å²) in [5, 5.41) is 1.40.